The summed E-state index contributed by atoms with van der Waals surface area (Å²) in [6.07, 6.45) is 2.05. The summed E-state index contributed by atoms with van der Waals surface area (Å²) in [4.78, 5) is 25.3. The topological polar surface area (TPSA) is 58.6 Å². The van der Waals surface area contributed by atoms with Gasteiger partial charge < -0.3 is 15.0 Å². The minimum Gasteiger partial charge on any atom is -0.492 e. The number of anilines is 1. The van der Waals surface area contributed by atoms with Gasteiger partial charge in [0.25, 0.3) is 0 Å². The maximum absolute atomic E-state index is 12.0. The molecule has 2 amide bonds. The minimum absolute atomic E-state index is 0.0821. The molecule has 5 nitrogen and oxygen atoms in total. The van der Waals surface area contributed by atoms with Crippen LogP contribution < -0.4 is 10.1 Å². The first-order valence-electron chi connectivity index (χ1n) is 9.02. The number of halogens is 2. The zero-order chi connectivity index (χ0) is 20.5. The van der Waals surface area contributed by atoms with Gasteiger partial charge in [0, 0.05) is 37.6 Å². The van der Waals surface area contributed by atoms with Crippen LogP contribution in [0.5, 0.6) is 5.75 Å². The Balaban J connectivity index is 1.70. The number of carbonyl (C=O) groups is 2. The summed E-state index contributed by atoms with van der Waals surface area (Å²) in [6.45, 7) is 0.383. The Labute approximate surface area is 175 Å². The van der Waals surface area contributed by atoms with Gasteiger partial charge in [0.2, 0.25) is 11.8 Å². The Morgan fingerprint density at radius 1 is 1.04 bits per heavy atom. The number of rotatable bonds is 9. The molecule has 0 spiro atoms. The molecule has 0 aromatic heterocycles. The summed E-state index contributed by atoms with van der Waals surface area (Å²) in [7, 11) is 3.49. The Kier molecular flexibility index (Phi) is 8.61. The molecule has 0 radical (unpaired) electrons. The summed E-state index contributed by atoms with van der Waals surface area (Å²) in [5.41, 5.74) is 1.79. The van der Waals surface area contributed by atoms with E-state index >= 15 is 0 Å². The molecule has 28 heavy (non-hydrogen) atoms. The van der Waals surface area contributed by atoms with E-state index in [0.29, 0.717) is 48.1 Å². The molecular formula is C21H24Cl2N2O3. The van der Waals surface area contributed by atoms with Gasteiger partial charge in [-0.05, 0) is 48.7 Å². The highest BCUT2D eigenvalue weighted by Gasteiger charge is 2.07. The van der Waals surface area contributed by atoms with Crippen molar-refractivity contribution in [1.82, 2.24) is 4.90 Å². The molecule has 0 aliphatic carbocycles. The zero-order valence-corrected chi connectivity index (χ0v) is 17.5. The number of aryl methyl sites for hydroxylation is 1. The fraction of sp³-hybridized carbons (Fsp3) is 0.333. The van der Waals surface area contributed by atoms with Crippen molar-refractivity contribution in [2.45, 2.75) is 25.7 Å². The van der Waals surface area contributed by atoms with Gasteiger partial charge in [0.05, 0.1) is 11.6 Å². The van der Waals surface area contributed by atoms with E-state index in [0.717, 1.165) is 11.3 Å². The first-order chi connectivity index (χ1) is 13.3. The number of nitrogens with zero attached hydrogens (tertiary/aromatic N) is 1. The third kappa shape index (κ3) is 7.41. The van der Waals surface area contributed by atoms with Gasteiger partial charge in [0.15, 0.2) is 0 Å². The molecular weight excluding hydrogens is 399 g/mol. The third-order valence-electron chi connectivity index (χ3n) is 4.06. The van der Waals surface area contributed by atoms with Crippen molar-refractivity contribution in [2.24, 2.45) is 0 Å². The number of carbonyl (C=O) groups excluding carboxylic acids is 2. The van der Waals surface area contributed by atoms with Crippen LogP contribution in [0.1, 0.15) is 24.8 Å². The summed E-state index contributed by atoms with van der Waals surface area (Å²) in [6, 6.07) is 12.6. The van der Waals surface area contributed by atoms with Crippen molar-refractivity contribution in [3.63, 3.8) is 0 Å². The normalized spacial score (nSPS) is 10.4. The molecule has 7 heteroatoms. The summed E-state index contributed by atoms with van der Waals surface area (Å²) in [5, 5.41) is 3.85. The number of hydrogen-bond donors (Lipinski definition) is 1. The van der Waals surface area contributed by atoms with E-state index in [1.807, 2.05) is 24.3 Å². The molecule has 2 aromatic carbocycles. The molecule has 0 aliphatic heterocycles. The smallest absolute Gasteiger partial charge is 0.224 e. The maximum atomic E-state index is 12.0. The molecule has 0 aliphatic rings. The lowest BCUT2D eigenvalue weighted by Crippen LogP contribution is -2.21. The molecule has 150 valence electrons. The van der Waals surface area contributed by atoms with Crippen LogP contribution in [0, 0.1) is 0 Å². The molecule has 0 saturated heterocycles. The monoisotopic (exact) mass is 422 g/mol. The van der Waals surface area contributed by atoms with Crippen LogP contribution in [0.3, 0.4) is 0 Å². The molecule has 0 bridgehead atoms. The van der Waals surface area contributed by atoms with Crippen LogP contribution in [0.4, 0.5) is 5.69 Å². The second-order valence-electron chi connectivity index (χ2n) is 6.56. The Morgan fingerprint density at radius 3 is 2.39 bits per heavy atom. The van der Waals surface area contributed by atoms with Crippen molar-refractivity contribution in [3.05, 3.63) is 58.1 Å². The molecule has 0 saturated carbocycles. The Bertz CT molecular complexity index is 808. The van der Waals surface area contributed by atoms with Crippen molar-refractivity contribution in [3.8, 4) is 5.75 Å². The van der Waals surface area contributed by atoms with Crippen LogP contribution in [0.2, 0.25) is 10.0 Å². The van der Waals surface area contributed by atoms with Gasteiger partial charge in [-0.1, -0.05) is 35.3 Å². The van der Waals surface area contributed by atoms with E-state index in [2.05, 4.69) is 5.32 Å². The molecule has 1 N–H and O–H groups in total. The third-order valence-corrected chi connectivity index (χ3v) is 4.59. The highest BCUT2D eigenvalue weighted by Crippen LogP contribution is 2.27. The van der Waals surface area contributed by atoms with Crippen LogP contribution in [-0.2, 0) is 16.0 Å². The molecule has 0 unspecified atom stereocenters. The molecule has 0 heterocycles. The minimum atomic E-state index is -0.0821. The van der Waals surface area contributed by atoms with Crippen LogP contribution in [0.25, 0.3) is 0 Å². The second kappa shape index (κ2) is 10.9. The number of benzene rings is 2. The van der Waals surface area contributed by atoms with Crippen molar-refractivity contribution < 1.29 is 14.3 Å². The molecule has 0 fully saturated rings. The average molecular weight is 423 g/mol. The van der Waals surface area contributed by atoms with Crippen LogP contribution >= 0.6 is 23.2 Å². The molecule has 2 rings (SSSR count). The summed E-state index contributed by atoms with van der Waals surface area (Å²) in [5.74, 6) is 0.565. The summed E-state index contributed by atoms with van der Waals surface area (Å²) >= 11 is 11.9. The maximum Gasteiger partial charge on any atom is 0.224 e. The molecule has 2 aromatic rings. The second-order valence-corrected chi connectivity index (χ2v) is 7.40. The van der Waals surface area contributed by atoms with Crippen molar-refractivity contribution in [2.75, 3.05) is 26.0 Å². The summed E-state index contributed by atoms with van der Waals surface area (Å²) < 4.78 is 5.57. The SMILES string of the molecule is CN(C)C(=O)CCc1ccc(NC(=O)CCCOc2ccc(Cl)cc2Cl)cc1. The Hall–Kier alpha value is -2.24. The largest absolute Gasteiger partial charge is 0.492 e. The lowest BCUT2D eigenvalue weighted by Gasteiger charge is -2.10. The highest BCUT2D eigenvalue weighted by atomic mass is 35.5. The van der Waals surface area contributed by atoms with Gasteiger partial charge in [-0.15, -0.1) is 0 Å². The van der Waals surface area contributed by atoms with Gasteiger partial charge >= 0.3 is 0 Å². The van der Waals surface area contributed by atoms with E-state index in [4.69, 9.17) is 27.9 Å². The first-order valence-corrected chi connectivity index (χ1v) is 9.77. The molecule has 0 atom stereocenters. The van der Waals surface area contributed by atoms with E-state index in [1.54, 1.807) is 37.2 Å². The van der Waals surface area contributed by atoms with Crippen molar-refractivity contribution >= 4 is 40.7 Å². The zero-order valence-electron chi connectivity index (χ0n) is 16.0. The van der Waals surface area contributed by atoms with Gasteiger partial charge in [0.1, 0.15) is 5.75 Å². The number of ether oxygens (including phenoxy) is 1. The van der Waals surface area contributed by atoms with Gasteiger partial charge in [-0.2, -0.15) is 0 Å². The standard InChI is InChI=1S/C21H24Cl2N2O3/c1-25(2)21(27)12-7-15-5-9-17(10-6-15)24-20(26)4-3-13-28-19-11-8-16(22)14-18(19)23/h5-6,8-11,14H,3-4,7,12-13H2,1-2H3,(H,24,26). The first kappa shape index (κ1) is 22.1. The number of hydrogen-bond acceptors (Lipinski definition) is 3. The van der Waals surface area contributed by atoms with Crippen LogP contribution in [-0.4, -0.2) is 37.4 Å². The lowest BCUT2D eigenvalue weighted by molar-refractivity contribution is -0.128. The van der Waals surface area contributed by atoms with E-state index in [-0.39, 0.29) is 11.8 Å². The highest BCUT2D eigenvalue weighted by molar-refractivity contribution is 6.35. The fourth-order valence-corrected chi connectivity index (χ4v) is 2.92. The predicted molar refractivity (Wildman–Crippen MR) is 113 cm³/mol. The van der Waals surface area contributed by atoms with Crippen molar-refractivity contribution in [1.29, 1.82) is 0 Å². The van der Waals surface area contributed by atoms with E-state index in [9.17, 15) is 9.59 Å². The fourth-order valence-electron chi connectivity index (χ4n) is 2.46. The van der Waals surface area contributed by atoms with E-state index in [1.165, 1.54) is 0 Å². The quantitative estimate of drug-likeness (QED) is 0.589. The Morgan fingerprint density at radius 2 is 1.75 bits per heavy atom. The number of nitrogens with one attached hydrogen (secondary N) is 1. The average Bonchev–Trinajstić information content (AvgIpc) is 2.65. The van der Waals surface area contributed by atoms with E-state index < -0.39 is 0 Å². The number of amides is 2. The lowest BCUT2D eigenvalue weighted by atomic mass is 10.1. The predicted octanol–water partition coefficient (Wildman–Crippen LogP) is 4.81. The van der Waals surface area contributed by atoms with Gasteiger partial charge in [-0.25, -0.2) is 0 Å². The van der Waals surface area contributed by atoms with Crippen LogP contribution in [0.15, 0.2) is 42.5 Å². The van der Waals surface area contributed by atoms with Gasteiger partial charge in [-0.3, -0.25) is 9.59 Å².